The minimum Gasteiger partial charge on any atom is -0.592 e. The third-order valence-electron chi connectivity index (χ3n) is 3.17. The van der Waals surface area contributed by atoms with Gasteiger partial charge in [0.05, 0.1) is 0 Å². The van der Waals surface area contributed by atoms with E-state index in [-0.39, 0.29) is 31.9 Å². The van der Waals surface area contributed by atoms with Crippen molar-refractivity contribution in [1.29, 1.82) is 0 Å². The largest absolute Gasteiger partial charge is 3.00 e. The normalized spacial score (nSPS) is 11.0. The van der Waals surface area contributed by atoms with Crippen molar-refractivity contribution in [3.8, 4) is 0 Å². The monoisotopic (exact) mass is 441 g/mol. The molecule has 3 aromatic rings. The van der Waals surface area contributed by atoms with Crippen LogP contribution in [0.3, 0.4) is 0 Å². The predicted molar refractivity (Wildman–Crippen MR) is 108 cm³/mol. The van der Waals surface area contributed by atoms with Crippen molar-refractivity contribution in [1.82, 2.24) is 0 Å². The van der Waals surface area contributed by atoms with Crippen LogP contribution in [0.25, 0.3) is 0 Å². The van der Waals surface area contributed by atoms with Crippen LogP contribution in [0.15, 0.2) is 107 Å². The molecule has 0 aliphatic rings. The molecule has 0 bridgehead atoms. The fraction of sp³-hybridized carbons (Fsp3) is 0. The Morgan fingerprint density at radius 2 is 0.645 bits per heavy atom. The van der Waals surface area contributed by atoms with E-state index >= 15 is 0 Å². The van der Waals surface area contributed by atoms with Gasteiger partial charge >= 0.3 is 17.4 Å². The van der Waals surface area contributed by atoms with E-state index < -0.39 is 0 Å². The second kappa shape index (κ2) is 15.7. The molecule has 31 heavy (non-hydrogen) atoms. The summed E-state index contributed by atoms with van der Waals surface area (Å²) in [5.41, 5.74) is 0.931. The SMILES string of the molecule is [Al+3].[O-]/[N+](=N\O)c1ccccc1.[O-]/[N+](=N\O)c1ccccc1.[O-]/[N+](=N\O)c1ccccc1. The predicted octanol–water partition coefficient (Wildman–Crippen LogP) is 4.63. The average Bonchev–Trinajstić information content (AvgIpc) is 2.85. The van der Waals surface area contributed by atoms with Crippen LogP contribution in [0.1, 0.15) is 0 Å². The van der Waals surface area contributed by atoms with E-state index in [1.165, 1.54) is 0 Å². The van der Waals surface area contributed by atoms with E-state index in [0.717, 1.165) is 0 Å². The molecule has 13 heteroatoms. The van der Waals surface area contributed by atoms with Gasteiger partial charge in [-0.25, -0.2) is 0 Å². The standard InChI is InChI=1S/3C6H6N2O2.Al/c3*9-7-8(10)6-4-2-1-3-5-6;/h3*1-5,9H;/q;;;+3/b3*8-7-;. The minimum absolute atomic E-state index is 0. The smallest absolute Gasteiger partial charge is 0.592 e. The Morgan fingerprint density at radius 3 is 0.806 bits per heavy atom. The van der Waals surface area contributed by atoms with Crippen molar-refractivity contribution < 1.29 is 30.2 Å². The van der Waals surface area contributed by atoms with Crippen LogP contribution in [0.4, 0.5) is 17.1 Å². The van der Waals surface area contributed by atoms with Crippen LogP contribution in [-0.4, -0.2) is 47.6 Å². The molecule has 0 radical (unpaired) electrons. The molecule has 0 saturated carbocycles. The van der Waals surface area contributed by atoms with Crippen LogP contribution in [0.5, 0.6) is 0 Å². The molecule has 3 aromatic carbocycles. The minimum atomic E-state index is 0. The van der Waals surface area contributed by atoms with Gasteiger partial charge in [0, 0.05) is 36.4 Å². The molecule has 0 fully saturated rings. The van der Waals surface area contributed by atoms with E-state index in [4.69, 9.17) is 15.6 Å². The summed E-state index contributed by atoms with van der Waals surface area (Å²) in [6, 6.07) is 24.7. The van der Waals surface area contributed by atoms with E-state index in [0.29, 0.717) is 17.1 Å². The summed E-state index contributed by atoms with van der Waals surface area (Å²) in [7, 11) is 0. The van der Waals surface area contributed by atoms with Gasteiger partial charge in [-0.05, 0) is 14.6 Å². The molecule has 0 aromatic heterocycles. The number of hydrogen-bond acceptors (Lipinski definition) is 6. The van der Waals surface area contributed by atoms with E-state index in [2.05, 4.69) is 15.8 Å². The van der Waals surface area contributed by atoms with Gasteiger partial charge in [0.1, 0.15) is 0 Å². The molecule has 3 rings (SSSR count). The number of para-hydroxylation sites is 3. The van der Waals surface area contributed by atoms with Crippen LogP contribution >= 0.6 is 0 Å². The van der Waals surface area contributed by atoms with Gasteiger partial charge in [-0.3, -0.25) is 0 Å². The van der Waals surface area contributed by atoms with E-state index in [1.54, 1.807) is 91.0 Å². The van der Waals surface area contributed by atoms with Gasteiger partial charge < -0.3 is 31.2 Å². The molecule has 0 spiro atoms. The first-order valence-electron chi connectivity index (χ1n) is 8.15. The summed E-state index contributed by atoms with van der Waals surface area (Å²) in [5.74, 6) is 0. The number of benzene rings is 3. The molecule has 3 N–H and O–H groups in total. The zero-order chi connectivity index (χ0) is 22.2. The van der Waals surface area contributed by atoms with Gasteiger partial charge in [-0.1, -0.05) is 54.6 Å². The maximum absolute atomic E-state index is 10.5. The summed E-state index contributed by atoms with van der Waals surface area (Å²) in [4.78, 5) is 0.417. The Hall–Kier alpha value is -4.21. The Kier molecular flexibility index (Phi) is 13.6. The molecule has 12 nitrogen and oxygen atoms in total. The quantitative estimate of drug-likeness (QED) is 0.231. The molecular weight excluding hydrogens is 423 g/mol. The maximum Gasteiger partial charge on any atom is 3.00 e. The third-order valence-corrected chi connectivity index (χ3v) is 3.17. The van der Waals surface area contributed by atoms with Gasteiger partial charge in [-0.15, -0.1) is 0 Å². The Labute approximate surface area is 187 Å². The maximum atomic E-state index is 10.5. The van der Waals surface area contributed by atoms with Crippen molar-refractivity contribution in [2.45, 2.75) is 0 Å². The summed E-state index contributed by atoms with van der Waals surface area (Å²) in [6.07, 6.45) is 0. The van der Waals surface area contributed by atoms with Crippen molar-refractivity contribution in [3.63, 3.8) is 0 Å². The van der Waals surface area contributed by atoms with Crippen molar-refractivity contribution in [3.05, 3.63) is 107 Å². The van der Waals surface area contributed by atoms with Gasteiger partial charge in [0.2, 0.25) is 32.9 Å². The zero-order valence-corrected chi connectivity index (χ0v) is 17.1. The summed E-state index contributed by atoms with van der Waals surface area (Å²) >= 11 is 0. The summed E-state index contributed by atoms with van der Waals surface area (Å²) in [6.45, 7) is 0. The average molecular weight is 441 g/mol. The van der Waals surface area contributed by atoms with Gasteiger partial charge in [0.25, 0.3) is 0 Å². The van der Waals surface area contributed by atoms with Crippen LogP contribution in [0, 0.1) is 15.6 Å². The third kappa shape index (κ3) is 10.2. The molecule has 0 saturated heterocycles. The fourth-order valence-corrected chi connectivity index (χ4v) is 1.82. The molecule has 0 aliphatic heterocycles. The Bertz CT molecular complexity index is 832. The number of hydrogen-bond donors (Lipinski definition) is 3. The first kappa shape index (κ1) is 26.8. The van der Waals surface area contributed by atoms with Crippen molar-refractivity contribution in [2.24, 2.45) is 15.8 Å². The Balaban J connectivity index is 0.000000429. The molecule has 156 valence electrons. The van der Waals surface area contributed by atoms with Crippen molar-refractivity contribution in [2.75, 3.05) is 0 Å². The van der Waals surface area contributed by atoms with Crippen LogP contribution < -0.4 is 0 Å². The second-order valence-corrected chi connectivity index (χ2v) is 5.09. The summed E-state index contributed by atoms with van der Waals surface area (Å²) in [5, 5.41) is 62.9. The molecule has 0 atom stereocenters. The first-order valence-corrected chi connectivity index (χ1v) is 8.15. The number of nitrogens with zero attached hydrogens (tertiary/aromatic N) is 6. The molecular formula is C18H18AlN6O6+3. The number of rotatable bonds is 3. The van der Waals surface area contributed by atoms with Crippen LogP contribution in [0.2, 0.25) is 0 Å². The van der Waals surface area contributed by atoms with E-state index in [9.17, 15) is 15.6 Å². The van der Waals surface area contributed by atoms with Crippen molar-refractivity contribution >= 4 is 34.4 Å². The van der Waals surface area contributed by atoms with Crippen LogP contribution in [-0.2, 0) is 0 Å². The fourth-order valence-electron chi connectivity index (χ4n) is 1.82. The van der Waals surface area contributed by atoms with E-state index in [1.807, 2.05) is 0 Å². The molecule has 0 heterocycles. The first-order chi connectivity index (χ1) is 14.5. The zero-order valence-electron chi connectivity index (χ0n) is 16.0. The second-order valence-electron chi connectivity index (χ2n) is 5.09. The Morgan fingerprint density at radius 1 is 0.452 bits per heavy atom. The van der Waals surface area contributed by atoms with Gasteiger partial charge in [0.15, 0.2) is 0 Å². The van der Waals surface area contributed by atoms with Gasteiger partial charge in [-0.2, -0.15) is 0 Å². The molecule has 0 aliphatic carbocycles. The summed E-state index contributed by atoms with van der Waals surface area (Å²) < 4.78 is 0. The molecule has 0 unspecified atom stereocenters. The molecule has 0 amide bonds. The topological polar surface area (TPSA) is 176 Å².